The van der Waals surface area contributed by atoms with Gasteiger partial charge in [-0.3, -0.25) is 9.78 Å². The van der Waals surface area contributed by atoms with E-state index >= 15 is 0 Å². The van der Waals surface area contributed by atoms with Crippen LogP contribution in [0.15, 0.2) is 24.4 Å². The SMILES string of the molecule is CS(=O)(=O)N(CCNC(=O)C1CC1)Cc1ccccn1. The van der Waals surface area contributed by atoms with Gasteiger partial charge in [0.05, 0.1) is 18.5 Å². The predicted molar refractivity (Wildman–Crippen MR) is 75.2 cm³/mol. The molecule has 0 saturated heterocycles. The van der Waals surface area contributed by atoms with Crippen LogP contribution in [-0.2, 0) is 21.4 Å². The van der Waals surface area contributed by atoms with Crippen molar-refractivity contribution in [2.24, 2.45) is 5.92 Å². The zero-order valence-corrected chi connectivity index (χ0v) is 12.3. The Morgan fingerprint density at radius 3 is 2.75 bits per heavy atom. The summed E-state index contributed by atoms with van der Waals surface area (Å²) in [4.78, 5) is 15.6. The third kappa shape index (κ3) is 4.57. The average molecular weight is 297 g/mol. The minimum Gasteiger partial charge on any atom is -0.355 e. The summed E-state index contributed by atoms with van der Waals surface area (Å²) in [6.45, 7) is 0.808. The molecule has 0 radical (unpaired) electrons. The fraction of sp³-hybridized carbons (Fsp3) is 0.538. The Morgan fingerprint density at radius 2 is 2.20 bits per heavy atom. The molecule has 2 rings (SSSR count). The average Bonchev–Trinajstić information content (AvgIpc) is 3.21. The zero-order valence-electron chi connectivity index (χ0n) is 11.4. The first-order valence-electron chi connectivity index (χ1n) is 6.59. The van der Waals surface area contributed by atoms with Crippen LogP contribution < -0.4 is 5.32 Å². The highest BCUT2D eigenvalue weighted by molar-refractivity contribution is 7.88. The van der Waals surface area contributed by atoms with E-state index in [9.17, 15) is 13.2 Å². The van der Waals surface area contributed by atoms with Crippen molar-refractivity contribution in [2.45, 2.75) is 19.4 Å². The van der Waals surface area contributed by atoms with E-state index in [1.165, 1.54) is 10.6 Å². The van der Waals surface area contributed by atoms with Gasteiger partial charge in [-0.05, 0) is 25.0 Å². The summed E-state index contributed by atoms with van der Waals surface area (Å²) in [7, 11) is -3.32. The molecule has 1 aromatic rings. The lowest BCUT2D eigenvalue weighted by molar-refractivity contribution is -0.122. The fourth-order valence-corrected chi connectivity index (χ4v) is 2.62. The summed E-state index contributed by atoms with van der Waals surface area (Å²) in [5.74, 6) is 0.161. The van der Waals surface area contributed by atoms with Crippen molar-refractivity contribution in [3.05, 3.63) is 30.1 Å². The Labute approximate surface area is 119 Å². The first kappa shape index (κ1) is 14.9. The third-order valence-corrected chi connectivity index (χ3v) is 4.39. The molecule has 0 unspecified atom stereocenters. The number of pyridine rings is 1. The summed E-state index contributed by atoms with van der Waals surface area (Å²) in [6.07, 6.45) is 4.68. The highest BCUT2D eigenvalue weighted by Crippen LogP contribution is 2.28. The molecule has 20 heavy (non-hydrogen) atoms. The maximum Gasteiger partial charge on any atom is 0.223 e. The van der Waals surface area contributed by atoms with E-state index in [0.717, 1.165) is 12.8 Å². The molecular formula is C13H19N3O3S. The maximum atomic E-state index is 11.7. The molecule has 1 aliphatic rings. The second-order valence-electron chi connectivity index (χ2n) is 4.98. The smallest absolute Gasteiger partial charge is 0.223 e. The number of sulfonamides is 1. The highest BCUT2D eigenvalue weighted by Gasteiger charge is 2.29. The zero-order chi connectivity index (χ0) is 14.6. The number of nitrogens with one attached hydrogen (secondary N) is 1. The molecule has 0 atom stereocenters. The van der Waals surface area contributed by atoms with Gasteiger partial charge in [0.15, 0.2) is 0 Å². The van der Waals surface area contributed by atoms with Gasteiger partial charge in [0, 0.05) is 25.2 Å². The molecule has 0 bridgehead atoms. The first-order chi connectivity index (χ1) is 9.47. The van der Waals surface area contributed by atoms with Crippen molar-refractivity contribution in [3.8, 4) is 0 Å². The standard InChI is InChI=1S/C13H19N3O3S/c1-20(18,19)16(10-12-4-2-3-7-14-12)9-8-15-13(17)11-5-6-11/h2-4,7,11H,5-6,8-10H2,1H3,(H,15,17). The van der Waals surface area contributed by atoms with Crippen LogP contribution in [0.2, 0.25) is 0 Å². The van der Waals surface area contributed by atoms with E-state index in [0.29, 0.717) is 12.2 Å². The van der Waals surface area contributed by atoms with Gasteiger partial charge in [0.2, 0.25) is 15.9 Å². The molecule has 7 heteroatoms. The van der Waals surface area contributed by atoms with E-state index in [1.807, 2.05) is 6.07 Å². The summed E-state index contributed by atoms with van der Waals surface area (Å²) >= 11 is 0. The van der Waals surface area contributed by atoms with Crippen molar-refractivity contribution in [1.82, 2.24) is 14.6 Å². The van der Waals surface area contributed by atoms with Gasteiger partial charge >= 0.3 is 0 Å². The predicted octanol–water partition coefficient (Wildman–Crippen LogP) is 0.369. The number of hydrogen-bond donors (Lipinski definition) is 1. The summed E-state index contributed by atoms with van der Waals surface area (Å²) in [5, 5.41) is 2.77. The Balaban J connectivity index is 1.89. The van der Waals surface area contributed by atoms with E-state index in [-0.39, 0.29) is 24.9 Å². The molecule has 0 aliphatic heterocycles. The lowest BCUT2D eigenvalue weighted by Gasteiger charge is -2.19. The molecule has 1 aromatic heterocycles. The molecule has 0 aromatic carbocycles. The number of hydrogen-bond acceptors (Lipinski definition) is 4. The van der Waals surface area contributed by atoms with Gasteiger partial charge in [-0.25, -0.2) is 8.42 Å². The topological polar surface area (TPSA) is 79.4 Å². The number of nitrogens with zero attached hydrogens (tertiary/aromatic N) is 2. The number of carbonyl (C=O) groups excluding carboxylic acids is 1. The third-order valence-electron chi connectivity index (χ3n) is 3.14. The minimum atomic E-state index is -3.32. The molecule has 110 valence electrons. The molecule has 1 amide bonds. The molecule has 1 aliphatic carbocycles. The molecule has 0 spiro atoms. The summed E-state index contributed by atoms with van der Waals surface area (Å²) in [6, 6.07) is 5.38. The van der Waals surface area contributed by atoms with Crippen molar-refractivity contribution in [2.75, 3.05) is 19.3 Å². The van der Waals surface area contributed by atoms with Crippen LogP contribution in [0.3, 0.4) is 0 Å². The molecule has 1 heterocycles. The second kappa shape index (κ2) is 6.32. The van der Waals surface area contributed by atoms with Crippen LogP contribution >= 0.6 is 0 Å². The summed E-state index contributed by atoms with van der Waals surface area (Å²) in [5.41, 5.74) is 0.687. The number of rotatable bonds is 7. The normalized spacial score (nSPS) is 15.3. The Kier molecular flexibility index (Phi) is 4.72. The van der Waals surface area contributed by atoms with Gasteiger partial charge in [-0.2, -0.15) is 4.31 Å². The van der Waals surface area contributed by atoms with Crippen molar-refractivity contribution < 1.29 is 13.2 Å². The van der Waals surface area contributed by atoms with Crippen LogP contribution in [0.4, 0.5) is 0 Å². The Morgan fingerprint density at radius 1 is 1.45 bits per heavy atom. The van der Waals surface area contributed by atoms with Crippen molar-refractivity contribution in [1.29, 1.82) is 0 Å². The minimum absolute atomic E-state index is 0.0243. The van der Waals surface area contributed by atoms with E-state index in [2.05, 4.69) is 10.3 Å². The van der Waals surface area contributed by atoms with Crippen molar-refractivity contribution in [3.63, 3.8) is 0 Å². The molecule has 1 fully saturated rings. The molecule has 6 nitrogen and oxygen atoms in total. The lowest BCUT2D eigenvalue weighted by atomic mass is 10.3. The Bertz CT molecular complexity index is 555. The van der Waals surface area contributed by atoms with E-state index in [1.54, 1.807) is 18.3 Å². The van der Waals surface area contributed by atoms with Gasteiger partial charge in [-0.15, -0.1) is 0 Å². The van der Waals surface area contributed by atoms with Crippen LogP contribution in [0.1, 0.15) is 18.5 Å². The fourth-order valence-electron chi connectivity index (χ4n) is 1.83. The van der Waals surface area contributed by atoms with Crippen LogP contribution in [-0.4, -0.2) is 43.0 Å². The molecular weight excluding hydrogens is 278 g/mol. The van der Waals surface area contributed by atoms with Crippen LogP contribution in [0.5, 0.6) is 0 Å². The van der Waals surface area contributed by atoms with Gasteiger partial charge in [0.1, 0.15) is 0 Å². The Hall–Kier alpha value is -1.47. The van der Waals surface area contributed by atoms with Crippen LogP contribution in [0, 0.1) is 5.92 Å². The largest absolute Gasteiger partial charge is 0.355 e. The number of aromatic nitrogens is 1. The number of carbonyl (C=O) groups is 1. The van der Waals surface area contributed by atoms with Crippen LogP contribution in [0.25, 0.3) is 0 Å². The van der Waals surface area contributed by atoms with Gasteiger partial charge in [-0.1, -0.05) is 6.07 Å². The maximum absolute atomic E-state index is 11.7. The molecule has 1 saturated carbocycles. The highest BCUT2D eigenvalue weighted by atomic mass is 32.2. The monoisotopic (exact) mass is 297 g/mol. The van der Waals surface area contributed by atoms with Gasteiger partial charge < -0.3 is 5.32 Å². The quantitative estimate of drug-likeness (QED) is 0.788. The lowest BCUT2D eigenvalue weighted by Crippen LogP contribution is -2.38. The number of amides is 1. The molecule has 1 N–H and O–H groups in total. The summed E-state index contributed by atoms with van der Waals surface area (Å²) < 4.78 is 24.8. The van der Waals surface area contributed by atoms with E-state index < -0.39 is 10.0 Å². The van der Waals surface area contributed by atoms with Gasteiger partial charge in [0.25, 0.3) is 0 Å². The van der Waals surface area contributed by atoms with E-state index in [4.69, 9.17) is 0 Å². The first-order valence-corrected chi connectivity index (χ1v) is 8.44. The second-order valence-corrected chi connectivity index (χ2v) is 6.97. The van der Waals surface area contributed by atoms with Crippen molar-refractivity contribution >= 4 is 15.9 Å².